The van der Waals surface area contributed by atoms with Crippen molar-refractivity contribution in [2.75, 3.05) is 6.54 Å². The third-order valence-corrected chi connectivity index (χ3v) is 5.53. The van der Waals surface area contributed by atoms with E-state index in [0.29, 0.717) is 17.1 Å². The van der Waals surface area contributed by atoms with Gasteiger partial charge in [-0.05, 0) is 25.7 Å². The Morgan fingerprint density at radius 3 is 2.11 bits per heavy atom. The van der Waals surface area contributed by atoms with E-state index in [0.717, 1.165) is 12.8 Å². The lowest BCUT2D eigenvalue weighted by Gasteiger charge is -2.36. The van der Waals surface area contributed by atoms with Crippen LogP contribution in [-0.4, -0.2) is 42.9 Å². The van der Waals surface area contributed by atoms with Gasteiger partial charge < -0.3 is 5.32 Å². The number of hydrogen-bond acceptors (Lipinski definition) is 3. The Bertz CT molecular complexity index is 398. The molecule has 8 heteroatoms. The molecule has 0 aliphatic carbocycles. The highest BCUT2D eigenvalue weighted by Gasteiger charge is 2.52. The van der Waals surface area contributed by atoms with Gasteiger partial charge in [0, 0.05) is 24.7 Å². The van der Waals surface area contributed by atoms with E-state index in [9.17, 15) is 21.6 Å². The van der Waals surface area contributed by atoms with Gasteiger partial charge in [0.15, 0.2) is 0 Å². The number of nitrogens with zero attached hydrogens (tertiary/aromatic N) is 1. The van der Waals surface area contributed by atoms with Crippen molar-refractivity contribution in [3.8, 4) is 0 Å². The smallest absolute Gasteiger partial charge is 0.311 e. The van der Waals surface area contributed by atoms with Gasteiger partial charge in [-0.25, -0.2) is 8.42 Å². The monoisotopic (exact) mass is 286 g/mol. The summed E-state index contributed by atoms with van der Waals surface area (Å²) >= 11 is 0. The molecule has 0 amide bonds. The Labute approximate surface area is 105 Å². The molecule has 0 aromatic carbocycles. The Hall–Kier alpha value is -0.340. The fourth-order valence-electron chi connectivity index (χ4n) is 3.02. The molecule has 2 bridgehead atoms. The molecule has 0 spiro atoms. The van der Waals surface area contributed by atoms with Gasteiger partial charge in [-0.15, -0.1) is 0 Å². The van der Waals surface area contributed by atoms with Crippen molar-refractivity contribution in [3.63, 3.8) is 0 Å². The second kappa shape index (κ2) is 4.64. The molecule has 106 valence electrons. The summed E-state index contributed by atoms with van der Waals surface area (Å²) in [6, 6.07) is -0.210. The number of halogens is 3. The highest BCUT2D eigenvalue weighted by atomic mass is 32.2. The molecule has 0 aromatic heterocycles. The number of hydrogen-bond donors (Lipinski definition) is 1. The van der Waals surface area contributed by atoms with Gasteiger partial charge >= 0.3 is 15.5 Å². The molecule has 0 aromatic rings. The SMILES string of the molecule is CCN(C1CC2CCC(C1)N2)S(=O)(=O)C(F)(F)F. The summed E-state index contributed by atoms with van der Waals surface area (Å²) in [5.41, 5.74) is -5.20. The molecule has 2 heterocycles. The van der Waals surface area contributed by atoms with Crippen LogP contribution in [0.5, 0.6) is 0 Å². The van der Waals surface area contributed by atoms with Crippen LogP contribution >= 0.6 is 0 Å². The first-order valence-corrected chi connectivity index (χ1v) is 7.54. The van der Waals surface area contributed by atoms with E-state index >= 15 is 0 Å². The fraction of sp³-hybridized carbons (Fsp3) is 1.00. The fourth-order valence-corrected chi connectivity index (χ4v) is 4.19. The highest BCUT2D eigenvalue weighted by Crippen LogP contribution is 2.35. The minimum atomic E-state index is -5.20. The number of piperidine rings is 1. The normalized spacial score (nSPS) is 33.1. The van der Waals surface area contributed by atoms with Crippen molar-refractivity contribution in [2.45, 2.75) is 56.2 Å². The predicted octanol–water partition coefficient (Wildman–Crippen LogP) is 1.44. The minimum absolute atomic E-state index is 0.133. The maximum absolute atomic E-state index is 12.6. The van der Waals surface area contributed by atoms with Crippen LogP contribution in [0.25, 0.3) is 0 Å². The number of nitrogens with one attached hydrogen (secondary N) is 1. The summed E-state index contributed by atoms with van der Waals surface area (Å²) < 4.78 is 61.4. The standard InChI is InChI=1S/C10H17F3N2O2S/c1-2-15(18(16,17)10(11,12)13)9-5-7-3-4-8(6-9)14-7/h7-9,14H,2-6H2,1H3. The molecular weight excluding hydrogens is 269 g/mol. The van der Waals surface area contributed by atoms with Crippen LogP contribution in [0, 0.1) is 0 Å². The zero-order valence-corrected chi connectivity index (χ0v) is 10.9. The lowest BCUT2D eigenvalue weighted by Crippen LogP contribution is -2.52. The van der Waals surface area contributed by atoms with Crippen molar-refractivity contribution in [1.29, 1.82) is 0 Å². The van der Waals surface area contributed by atoms with E-state index in [-0.39, 0.29) is 18.6 Å². The average molecular weight is 286 g/mol. The van der Waals surface area contributed by atoms with Crippen LogP contribution in [-0.2, 0) is 10.0 Å². The summed E-state index contributed by atoms with van der Waals surface area (Å²) in [5.74, 6) is 0. The van der Waals surface area contributed by atoms with Crippen LogP contribution in [0.1, 0.15) is 32.6 Å². The van der Waals surface area contributed by atoms with Crippen molar-refractivity contribution < 1.29 is 21.6 Å². The summed E-state index contributed by atoms with van der Waals surface area (Å²) in [5, 5.41) is 3.29. The van der Waals surface area contributed by atoms with Gasteiger partial charge in [-0.2, -0.15) is 17.5 Å². The van der Waals surface area contributed by atoms with Crippen molar-refractivity contribution >= 4 is 10.0 Å². The molecule has 2 unspecified atom stereocenters. The summed E-state index contributed by atoms with van der Waals surface area (Å²) in [7, 11) is -5.20. The third kappa shape index (κ3) is 2.37. The van der Waals surface area contributed by atoms with Gasteiger partial charge in [0.25, 0.3) is 0 Å². The zero-order valence-electron chi connectivity index (χ0n) is 10.1. The van der Waals surface area contributed by atoms with Crippen molar-refractivity contribution in [3.05, 3.63) is 0 Å². The Kier molecular flexibility index (Phi) is 3.63. The van der Waals surface area contributed by atoms with Crippen LogP contribution < -0.4 is 5.32 Å². The lowest BCUT2D eigenvalue weighted by molar-refractivity contribution is -0.0505. The molecule has 0 radical (unpaired) electrons. The minimum Gasteiger partial charge on any atom is -0.311 e. The molecule has 4 nitrogen and oxygen atoms in total. The lowest BCUT2D eigenvalue weighted by atomic mass is 10.00. The van der Waals surface area contributed by atoms with E-state index in [1.165, 1.54) is 6.92 Å². The molecule has 2 saturated heterocycles. The van der Waals surface area contributed by atoms with Gasteiger partial charge in [-0.1, -0.05) is 6.92 Å². The molecule has 2 rings (SSSR count). The first kappa shape index (κ1) is 14.1. The quantitative estimate of drug-likeness (QED) is 0.854. The maximum atomic E-state index is 12.6. The van der Waals surface area contributed by atoms with Crippen LogP contribution in [0.3, 0.4) is 0 Å². The van der Waals surface area contributed by atoms with Crippen LogP contribution in [0.4, 0.5) is 13.2 Å². The van der Waals surface area contributed by atoms with Crippen LogP contribution in [0.2, 0.25) is 0 Å². The highest BCUT2D eigenvalue weighted by molar-refractivity contribution is 7.90. The molecule has 1 N–H and O–H groups in total. The third-order valence-electron chi connectivity index (χ3n) is 3.77. The van der Waals surface area contributed by atoms with E-state index in [1.54, 1.807) is 0 Å². The summed E-state index contributed by atoms with van der Waals surface area (Å²) in [4.78, 5) is 0. The van der Waals surface area contributed by atoms with Gasteiger partial charge in [0.2, 0.25) is 0 Å². The van der Waals surface area contributed by atoms with Gasteiger partial charge in [0.1, 0.15) is 0 Å². The Balaban J connectivity index is 2.19. The first-order chi connectivity index (χ1) is 8.25. The topological polar surface area (TPSA) is 49.4 Å². The van der Waals surface area contributed by atoms with Gasteiger partial charge in [0.05, 0.1) is 0 Å². The summed E-state index contributed by atoms with van der Waals surface area (Å²) in [6.45, 7) is 1.32. The largest absolute Gasteiger partial charge is 0.511 e. The molecule has 2 atom stereocenters. The second-order valence-corrected chi connectivity index (χ2v) is 6.80. The molecule has 18 heavy (non-hydrogen) atoms. The van der Waals surface area contributed by atoms with Crippen LogP contribution in [0.15, 0.2) is 0 Å². The number of sulfonamides is 1. The molecule has 2 aliphatic heterocycles. The number of alkyl halides is 3. The predicted molar refractivity (Wildman–Crippen MR) is 60.3 cm³/mol. The van der Waals surface area contributed by atoms with Crippen molar-refractivity contribution in [1.82, 2.24) is 9.62 Å². The van der Waals surface area contributed by atoms with E-state index < -0.39 is 21.6 Å². The molecule has 2 aliphatic rings. The average Bonchev–Trinajstić information content (AvgIpc) is 2.57. The molecular formula is C10H17F3N2O2S. The van der Waals surface area contributed by atoms with Gasteiger partial charge in [-0.3, -0.25) is 0 Å². The van der Waals surface area contributed by atoms with Crippen molar-refractivity contribution in [2.24, 2.45) is 0 Å². The first-order valence-electron chi connectivity index (χ1n) is 6.10. The summed E-state index contributed by atoms with van der Waals surface area (Å²) in [6.07, 6.45) is 2.79. The maximum Gasteiger partial charge on any atom is 0.511 e. The molecule has 2 fully saturated rings. The number of rotatable bonds is 3. The Morgan fingerprint density at radius 2 is 1.72 bits per heavy atom. The van der Waals surface area contributed by atoms with E-state index in [2.05, 4.69) is 5.32 Å². The van der Waals surface area contributed by atoms with E-state index in [1.807, 2.05) is 0 Å². The molecule has 0 saturated carbocycles. The van der Waals surface area contributed by atoms with E-state index in [4.69, 9.17) is 0 Å². The second-order valence-electron chi connectivity index (χ2n) is 4.92. The Morgan fingerprint density at radius 1 is 1.22 bits per heavy atom. The zero-order chi connectivity index (χ0) is 13.6. The number of fused-ring (bicyclic) bond motifs is 2.